The molecule has 0 atom stereocenters. The van der Waals surface area contributed by atoms with E-state index in [9.17, 15) is 4.79 Å². The van der Waals surface area contributed by atoms with Gasteiger partial charge in [-0.2, -0.15) is 5.26 Å². The fourth-order valence-electron chi connectivity index (χ4n) is 0.286. The lowest BCUT2D eigenvalue weighted by molar-refractivity contribution is -0.102. The Labute approximate surface area is 59.0 Å². The van der Waals surface area contributed by atoms with E-state index in [1.54, 1.807) is 0 Å². The lowest BCUT2D eigenvalue weighted by atomic mass is 10.3. The Morgan fingerprint density at radius 2 is 2.40 bits per heavy atom. The number of carbonyl (C=O) groups excluding carboxylic acids is 1. The number of allylic oxidation sites excluding steroid dienone is 2. The summed E-state index contributed by atoms with van der Waals surface area (Å²) in [5, 5.41) is 8.27. The van der Waals surface area contributed by atoms with Gasteiger partial charge in [-0.3, -0.25) is 9.79 Å². The minimum atomic E-state index is 0.332. The Balaban J connectivity index is 4.15. The minimum absolute atomic E-state index is 0.332. The molecule has 0 spiro atoms. The zero-order valence-corrected chi connectivity index (χ0v) is 5.32. The quantitative estimate of drug-likeness (QED) is 0.248. The molecule has 3 heteroatoms. The summed E-state index contributed by atoms with van der Waals surface area (Å²) in [5.41, 5.74) is 0.332. The van der Waals surface area contributed by atoms with E-state index < -0.39 is 0 Å². The highest BCUT2D eigenvalue weighted by Gasteiger charge is 1.80. The van der Waals surface area contributed by atoms with Gasteiger partial charge in [-0.1, -0.05) is 12.7 Å². The molecule has 0 saturated heterocycles. The molecule has 10 heavy (non-hydrogen) atoms. The topological polar surface area (TPSA) is 53.2 Å². The van der Waals surface area contributed by atoms with Crippen LogP contribution in [-0.2, 0) is 4.79 Å². The van der Waals surface area contributed by atoms with Gasteiger partial charge in [-0.05, 0) is 0 Å². The van der Waals surface area contributed by atoms with Crippen molar-refractivity contribution in [3.63, 3.8) is 0 Å². The van der Waals surface area contributed by atoms with Gasteiger partial charge in [0.25, 0.3) is 0 Å². The molecular formula is C7H6N2O. The lowest BCUT2D eigenvalue weighted by Gasteiger charge is -1.78. The standard InChI is InChI=1S/C7H6N2O/c1-2-7(5-8)6-9-3-4-10/h2-4,6H,1H2/b7-6+,9-3+. The second-order valence-corrected chi connectivity index (χ2v) is 1.33. The molecule has 0 aromatic rings. The molecule has 0 aromatic heterocycles. The van der Waals surface area contributed by atoms with E-state index in [4.69, 9.17) is 5.26 Å². The number of hydrogen-bond acceptors (Lipinski definition) is 3. The first-order valence-electron chi connectivity index (χ1n) is 2.54. The molecule has 0 radical (unpaired) electrons. The largest absolute Gasteiger partial charge is 0.297 e. The number of aldehydes is 1. The molecule has 0 aliphatic rings. The summed E-state index contributed by atoms with van der Waals surface area (Å²) < 4.78 is 0. The van der Waals surface area contributed by atoms with Crippen molar-refractivity contribution in [1.29, 1.82) is 5.26 Å². The Bertz CT molecular complexity index is 220. The van der Waals surface area contributed by atoms with Crippen molar-refractivity contribution < 1.29 is 4.79 Å². The van der Waals surface area contributed by atoms with Gasteiger partial charge < -0.3 is 0 Å². The van der Waals surface area contributed by atoms with Crippen LogP contribution in [0.15, 0.2) is 29.4 Å². The van der Waals surface area contributed by atoms with Crippen molar-refractivity contribution in [1.82, 2.24) is 0 Å². The smallest absolute Gasteiger partial charge is 0.161 e. The summed E-state index contributed by atoms with van der Waals surface area (Å²) in [6.45, 7) is 3.36. The van der Waals surface area contributed by atoms with Crippen LogP contribution in [0.3, 0.4) is 0 Å². The van der Waals surface area contributed by atoms with Crippen LogP contribution in [0.1, 0.15) is 0 Å². The maximum Gasteiger partial charge on any atom is 0.161 e. The van der Waals surface area contributed by atoms with Crippen LogP contribution in [0.4, 0.5) is 0 Å². The van der Waals surface area contributed by atoms with Crippen LogP contribution in [0.2, 0.25) is 0 Å². The zero-order chi connectivity index (χ0) is 7.82. The van der Waals surface area contributed by atoms with Gasteiger partial charge in [0.1, 0.15) is 6.07 Å². The fourth-order valence-corrected chi connectivity index (χ4v) is 0.286. The molecule has 0 aliphatic carbocycles. The maximum absolute atomic E-state index is 9.68. The predicted octanol–water partition coefficient (Wildman–Crippen LogP) is 0.850. The van der Waals surface area contributed by atoms with Crippen LogP contribution in [0.25, 0.3) is 0 Å². The van der Waals surface area contributed by atoms with E-state index in [0.717, 1.165) is 6.21 Å². The Kier molecular flexibility index (Phi) is 4.53. The summed E-state index contributed by atoms with van der Waals surface area (Å²) in [6.07, 6.45) is 4.22. The van der Waals surface area contributed by atoms with E-state index in [2.05, 4.69) is 11.6 Å². The monoisotopic (exact) mass is 134 g/mol. The molecule has 0 unspecified atom stereocenters. The highest BCUT2D eigenvalue weighted by Crippen LogP contribution is 1.90. The number of nitriles is 1. The average molecular weight is 134 g/mol. The molecular weight excluding hydrogens is 128 g/mol. The summed E-state index contributed by atoms with van der Waals surface area (Å²) in [7, 11) is 0. The summed E-state index contributed by atoms with van der Waals surface area (Å²) in [4.78, 5) is 13.2. The van der Waals surface area contributed by atoms with Gasteiger partial charge in [0.15, 0.2) is 6.29 Å². The maximum atomic E-state index is 9.68. The van der Waals surface area contributed by atoms with Crippen LogP contribution in [0, 0.1) is 11.3 Å². The SMILES string of the molecule is C=C/C(C#N)=C\N=C\C=O. The number of aliphatic imine (C=N–C) groups is 1. The van der Waals surface area contributed by atoms with Crippen LogP contribution in [-0.4, -0.2) is 12.5 Å². The Hall–Kier alpha value is -1.69. The summed E-state index contributed by atoms with van der Waals surface area (Å²) in [6, 6.07) is 1.82. The van der Waals surface area contributed by atoms with Gasteiger partial charge in [-0.15, -0.1) is 0 Å². The normalized spacial score (nSPS) is 10.9. The second kappa shape index (κ2) is 5.45. The molecule has 0 aromatic carbocycles. The number of carbonyl (C=O) groups is 1. The number of nitrogens with zero attached hydrogens (tertiary/aromatic N) is 2. The molecule has 3 nitrogen and oxygen atoms in total. The molecule has 0 fully saturated rings. The first kappa shape index (κ1) is 8.31. The van der Waals surface area contributed by atoms with Gasteiger partial charge in [0.05, 0.1) is 11.8 Å². The van der Waals surface area contributed by atoms with Crippen molar-refractivity contribution >= 4 is 12.5 Å². The van der Waals surface area contributed by atoms with Crippen LogP contribution in [0.5, 0.6) is 0 Å². The van der Waals surface area contributed by atoms with E-state index in [0.29, 0.717) is 11.9 Å². The third-order valence-corrected chi connectivity index (χ3v) is 0.710. The highest BCUT2D eigenvalue weighted by atomic mass is 16.1. The third kappa shape index (κ3) is 3.33. The van der Waals surface area contributed by atoms with Crippen molar-refractivity contribution in [3.05, 3.63) is 24.4 Å². The van der Waals surface area contributed by atoms with Crippen molar-refractivity contribution in [3.8, 4) is 6.07 Å². The fraction of sp³-hybridized carbons (Fsp3) is 0. The summed E-state index contributed by atoms with van der Waals surface area (Å²) >= 11 is 0. The van der Waals surface area contributed by atoms with Crippen LogP contribution >= 0.6 is 0 Å². The second-order valence-electron chi connectivity index (χ2n) is 1.33. The number of hydrogen-bond donors (Lipinski definition) is 0. The van der Waals surface area contributed by atoms with Crippen LogP contribution < -0.4 is 0 Å². The molecule has 0 aliphatic heterocycles. The van der Waals surface area contributed by atoms with Gasteiger partial charge in [0, 0.05) is 6.20 Å². The Morgan fingerprint density at radius 3 is 2.80 bits per heavy atom. The van der Waals surface area contributed by atoms with Crippen molar-refractivity contribution in [2.75, 3.05) is 0 Å². The minimum Gasteiger partial charge on any atom is -0.297 e. The van der Waals surface area contributed by atoms with Gasteiger partial charge >= 0.3 is 0 Å². The van der Waals surface area contributed by atoms with E-state index in [-0.39, 0.29) is 0 Å². The zero-order valence-electron chi connectivity index (χ0n) is 5.32. The molecule has 0 N–H and O–H groups in total. The highest BCUT2D eigenvalue weighted by molar-refractivity contribution is 6.13. The number of rotatable bonds is 3. The van der Waals surface area contributed by atoms with Crippen molar-refractivity contribution in [2.45, 2.75) is 0 Å². The first-order chi connectivity index (χ1) is 4.85. The Morgan fingerprint density at radius 1 is 1.70 bits per heavy atom. The third-order valence-electron chi connectivity index (χ3n) is 0.710. The van der Waals surface area contributed by atoms with E-state index in [1.165, 1.54) is 12.3 Å². The molecule has 0 bridgehead atoms. The van der Waals surface area contributed by atoms with Crippen molar-refractivity contribution in [2.24, 2.45) is 4.99 Å². The molecule has 0 heterocycles. The molecule has 50 valence electrons. The van der Waals surface area contributed by atoms with Gasteiger partial charge in [-0.25, -0.2) is 0 Å². The summed E-state index contributed by atoms with van der Waals surface area (Å²) in [5.74, 6) is 0. The van der Waals surface area contributed by atoms with E-state index in [1.807, 2.05) is 6.07 Å². The average Bonchev–Trinajstić information content (AvgIpc) is 1.99. The molecule has 0 amide bonds. The van der Waals surface area contributed by atoms with Gasteiger partial charge in [0.2, 0.25) is 0 Å². The van der Waals surface area contributed by atoms with E-state index >= 15 is 0 Å². The molecule has 0 saturated carbocycles. The lowest BCUT2D eigenvalue weighted by Crippen LogP contribution is -1.71. The first-order valence-corrected chi connectivity index (χ1v) is 2.54. The molecule has 0 rings (SSSR count). The predicted molar refractivity (Wildman–Crippen MR) is 38.4 cm³/mol.